The minimum atomic E-state index is -0.210. The molecule has 0 amide bonds. The third-order valence-corrected chi connectivity index (χ3v) is 3.73. The van der Waals surface area contributed by atoms with Crippen LogP contribution in [0.2, 0.25) is 0 Å². The summed E-state index contributed by atoms with van der Waals surface area (Å²) < 4.78 is 13.0. The molecular formula is C19H22FNO. The van der Waals surface area contributed by atoms with Gasteiger partial charge in [0.1, 0.15) is 12.1 Å². The number of aryl methyl sites for hydroxylation is 1. The molecule has 0 N–H and O–H groups in total. The Hall–Kier alpha value is -2.16. The fraction of sp³-hybridized carbons (Fsp3) is 0.316. The van der Waals surface area contributed by atoms with Crippen molar-refractivity contribution in [3.63, 3.8) is 0 Å². The molecule has 0 spiro atoms. The Balaban J connectivity index is 1.97. The normalized spacial score (nSPS) is 10.7. The van der Waals surface area contributed by atoms with Crippen LogP contribution in [0, 0.1) is 5.82 Å². The standard InChI is InChI=1S/C19H22FNO/c1-15(2)21(19-10-8-18(20)9-11-19)12-4-7-16-5-3-6-17(13-16)14-22/h3,5-6,8-11,13-15H,4,7,12H2,1-2H3. The Morgan fingerprint density at radius 1 is 1.14 bits per heavy atom. The molecule has 0 aromatic heterocycles. The lowest BCUT2D eigenvalue weighted by molar-refractivity contribution is 0.112. The molecule has 0 radical (unpaired) electrons. The number of carbonyl (C=O) groups is 1. The van der Waals surface area contributed by atoms with E-state index in [0.29, 0.717) is 6.04 Å². The van der Waals surface area contributed by atoms with Gasteiger partial charge in [-0.15, -0.1) is 0 Å². The Morgan fingerprint density at radius 3 is 2.50 bits per heavy atom. The van der Waals surface area contributed by atoms with Gasteiger partial charge in [-0.25, -0.2) is 4.39 Å². The lowest BCUT2D eigenvalue weighted by atomic mass is 10.1. The van der Waals surface area contributed by atoms with E-state index in [2.05, 4.69) is 18.7 Å². The average Bonchev–Trinajstić information content (AvgIpc) is 2.52. The third kappa shape index (κ3) is 4.42. The van der Waals surface area contributed by atoms with Crippen molar-refractivity contribution in [3.05, 3.63) is 65.5 Å². The molecule has 0 aliphatic rings. The summed E-state index contributed by atoms with van der Waals surface area (Å²) in [5.74, 6) is -0.210. The minimum Gasteiger partial charge on any atom is -0.369 e. The van der Waals surface area contributed by atoms with Gasteiger partial charge in [0.15, 0.2) is 0 Å². The van der Waals surface area contributed by atoms with E-state index in [1.165, 1.54) is 17.7 Å². The molecule has 22 heavy (non-hydrogen) atoms. The van der Waals surface area contributed by atoms with Gasteiger partial charge in [0.2, 0.25) is 0 Å². The summed E-state index contributed by atoms with van der Waals surface area (Å²) >= 11 is 0. The number of carbonyl (C=O) groups excluding carboxylic acids is 1. The zero-order chi connectivity index (χ0) is 15.9. The van der Waals surface area contributed by atoms with Crippen LogP contribution in [0.3, 0.4) is 0 Å². The Kier molecular flexibility index (Phi) is 5.70. The van der Waals surface area contributed by atoms with E-state index in [1.54, 1.807) is 0 Å². The van der Waals surface area contributed by atoms with Crippen LogP contribution < -0.4 is 4.90 Å². The number of nitrogens with zero attached hydrogens (tertiary/aromatic N) is 1. The average molecular weight is 299 g/mol. The minimum absolute atomic E-state index is 0.210. The molecule has 0 bridgehead atoms. The lowest BCUT2D eigenvalue weighted by Gasteiger charge is -2.29. The van der Waals surface area contributed by atoms with Gasteiger partial charge >= 0.3 is 0 Å². The summed E-state index contributed by atoms with van der Waals surface area (Å²) in [7, 11) is 0. The van der Waals surface area contributed by atoms with Crippen LogP contribution in [0.15, 0.2) is 48.5 Å². The van der Waals surface area contributed by atoms with E-state index in [9.17, 15) is 9.18 Å². The van der Waals surface area contributed by atoms with Crippen molar-refractivity contribution in [1.29, 1.82) is 0 Å². The highest BCUT2D eigenvalue weighted by Gasteiger charge is 2.10. The third-order valence-electron chi connectivity index (χ3n) is 3.73. The molecule has 2 aromatic carbocycles. The van der Waals surface area contributed by atoms with Crippen molar-refractivity contribution in [2.75, 3.05) is 11.4 Å². The number of rotatable bonds is 7. The molecule has 0 aliphatic heterocycles. The number of aldehydes is 1. The predicted molar refractivity (Wildman–Crippen MR) is 89.0 cm³/mol. The molecule has 0 aliphatic carbocycles. The second kappa shape index (κ2) is 7.74. The highest BCUT2D eigenvalue weighted by molar-refractivity contribution is 5.74. The van der Waals surface area contributed by atoms with Gasteiger partial charge in [0, 0.05) is 23.8 Å². The van der Waals surface area contributed by atoms with E-state index in [-0.39, 0.29) is 5.82 Å². The van der Waals surface area contributed by atoms with Gasteiger partial charge in [-0.3, -0.25) is 4.79 Å². The molecule has 116 valence electrons. The number of anilines is 1. The second-order valence-electron chi connectivity index (χ2n) is 5.73. The van der Waals surface area contributed by atoms with Gasteiger partial charge in [-0.05, 0) is 62.6 Å². The summed E-state index contributed by atoms with van der Waals surface area (Å²) in [6.45, 7) is 5.17. The smallest absolute Gasteiger partial charge is 0.150 e. The van der Waals surface area contributed by atoms with Gasteiger partial charge in [0.05, 0.1) is 0 Å². The van der Waals surface area contributed by atoms with E-state index < -0.39 is 0 Å². The van der Waals surface area contributed by atoms with Crippen LogP contribution in [0.4, 0.5) is 10.1 Å². The van der Waals surface area contributed by atoms with E-state index in [4.69, 9.17) is 0 Å². The van der Waals surface area contributed by atoms with Crippen molar-refractivity contribution >= 4 is 12.0 Å². The van der Waals surface area contributed by atoms with Crippen LogP contribution in [0.5, 0.6) is 0 Å². The van der Waals surface area contributed by atoms with Gasteiger partial charge in [-0.2, -0.15) is 0 Å². The van der Waals surface area contributed by atoms with Crippen LogP contribution in [0.1, 0.15) is 36.2 Å². The quantitative estimate of drug-likeness (QED) is 0.702. The molecule has 0 heterocycles. The maximum atomic E-state index is 13.0. The summed E-state index contributed by atoms with van der Waals surface area (Å²) in [6, 6.07) is 14.7. The fourth-order valence-corrected chi connectivity index (χ4v) is 2.59. The van der Waals surface area contributed by atoms with Gasteiger partial charge in [0.25, 0.3) is 0 Å². The fourth-order valence-electron chi connectivity index (χ4n) is 2.59. The molecule has 0 fully saturated rings. The summed E-state index contributed by atoms with van der Waals surface area (Å²) in [5.41, 5.74) is 2.93. The van der Waals surface area contributed by atoms with Gasteiger partial charge < -0.3 is 4.90 Å². The molecule has 0 saturated carbocycles. The Bertz CT molecular complexity index is 607. The van der Waals surface area contributed by atoms with Crippen molar-refractivity contribution in [3.8, 4) is 0 Å². The van der Waals surface area contributed by atoms with Crippen molar-refractivity contribution < 1.29 is 9.18 Å². The van der Waals surface area contributed by atoms with Crippen molar-refractivity contribution in [1.82, 2.24) is 0 Å². The monoisotopic (exact) mass is 299 g/mol. The van der Waals surface area contributed by atoms with Crippen LogP contribution in [-0.4, -0.2) is 18.9 Å². The SMILES string of the molecule is CC(C)N(CCCc1cccc(C=O)c1)c1ccc(F)cc1. The first-order valence-corrected chi connectivity index (χ1v) is 7.66. The molecule has 0 atom stereocenters. The topological polar surface area (TPSA) is 20.3 Å². The Morgan fingerprint density at radius 2 is 1.86 bits per heavy atom. The first kappa shape index (κ1) is 16.2. The molecule has 2 nitrogen and oxygen atoms in total. The molecular weight excluding hydrogens is 277 g/mol. The van der Waals surface area contributed by atoms with E-state index in [1.807, 2.05) is 36.4 Å². The molecule has 2 rings (SSSR count). The maximum absolute atomic E-state index is 13.0. The maximum Gasteiger partial charge on any atom is 0.150 e. The van der Waals surface area contributed by atoms with Crippen molar-refractivity contribution in [2.24, 2.45) is 0 Å². The van der Waals surface area contributed by atoms with Crippen molar-refractivity contribution in [2.45, 2.75) is 32.7 Å². The summed E-state index contributed by atoms with van der Waals surface area (Å²) in [4.78, 5) is 13.1. The molecule has 0 unspecified atom stereocenters. The summed E-state index contributed by atoms with van der Waals surface area (Å²) in [6.07, 6.45) is 2.78. The highest BCUT2D eigenvalue weighted by atomic mass is 19.1. The van der Waals surface area contributed by atoms with Gasteiger partial charge in [-0.1, -0.05) is 18.2 Å². The number of hydrogen-bond acceptors (Lipinski definition) is 2. The zero-order valence-electron chi connectivity index (χ0n) is 13.1. The molecule has 3 heteroatoms. The zero-order valence-corrected chi connectivity index (χ0v) is 13.1. The lowest BCUT2D eigenvalue weighted by Crippen LogP contribution is -2.31. The van der Waals surface area contributed by atoms with Crippen LogP contribution >= 0.6 is 0 Å². The number of halogens is 1. The highest BCUT2D eigenvalue weighted by Crippen LogP contribution is 2.18. The largest absolute Gasteiger partial charge is 0.369 e. The number of hydrogen-bond donors (Lipinski definition) is 0. The Labute approximate surface area is 131 Å². The van der Waals surface area contributed by atoms with Crippen LogP contribution in [0.25, 0.3) is 0 Å². The molecule has 2 aromatic rings. The predicted octanol–water partition coefficient (Wildman–Crippen LogP) is 4.49. The van der Waals surface area contributed by atoms with Crippen LogP contribution in [-0.2, 0) is 6.42 Å². The first-order chi connectivity index (χ1) is 10.6. The van der Waals surface area contributed by atoms with E-state index >= 15 is 0 Å². The summed E-state index contributed by atoms with van der Waals surface area (Å²) in [5, 5.41) is 0. The van der Waals surface area contributed by atoms with E-state index in [0.717, 1.165) is 36.9 Å². The number of benzene rings is 2. The molecule has 0 saturated heterocycles. The second-order valence-corrected chi connectivity index (χ2v) is 5.73. The first-order valence-electron chi connectivity index (χ1n) is 7.66.